The third-order valence-corrected chi connectivity index (χ3v) is 5.83. The van der Waals surface area contributed by atoms with Gasteiger partial charge in [-0.05, 0) is 0 Å². The number of ether oxygens (including phenoxy) is 4. The van der Waals surface area contributed by atoms with Gasteiger partial charge in [-0.1, -0.05) is 0 Å². The van der Waals surface area contributed by atoms with E-state index in [0.717, 1.165) is 0 Å². The van der Waals surface area contributed by atoms with Crippen molar-refractivity contribution >= 4 is 46.9 Å². The second-order valence-electron chi connectivity index (χ2n) is 9.16. The van der Waals surface area contributed by atoms with E-state index in [9.17, 15) is 39.6 Å². The van der Waals surface area contributed by atoms with Gasteiger partial charge in [0.15, 0.2) is 24.4 Å². The van der Waals surface area contributed by atoms with Gasteiger partial charge in [0.1, 0.15) is 47.5 Å². The summed E-state index contributed by atoms with van der Waals surface area (Å²) in [4.78, 5) is 41.9. The fourth-order valence-corrected chi connectivity index (χ4v) is 3.26. The summed E-state index contributed by atoms with van der Waals surface area (Å²) >= 11 is 0. The van der Waals surface area contributed by atoms with Gasteiger partial charge in [0.2, 0.25) is 0 Å². The minimum absolute atomic E-state index is 0. The van der Waals surface area contributed by atoms with Crippen molar-refractivity contribution in [2.24, 2.45) is 0 Å². The molecule has 8 atom stereocenters. The number of esters is 4. The number of carbonyl (C=O) groups is 4. The van der Waals surface area contributed by atoms with Crippen LogP contribution in [0, 0.1) is 0 Å². The second kappa shape index (κ2) is 21.4. The number of aliphatic hydroxyl groups is 12. The zero-order valence-electron chi connectivity index (χ0n) is 24.8. The first-order valence-electron chi connectivity index (χ1n) is 12.7. The molecule has 0 unspecified atom stereocenters. The molecule has 0 saturated carbocycles. The molecule has 278 valence electrons. The van der Waals surface area contributed by atoms with Crippen LogP contribution in [0.25, 0.3) is 0 Å². The maximum absolute atomic E-state index is 10.6. The Hall–Kier alpha value is -3.79. The molecule has 0 amide bonds. The molecule has 12 N–H and O–H groups in total. The average molecular weight is 781 g/mol. The van der Waals surface area contributed by atoms with Crippen LogP contribution in [0.2, 0.25) is 0 Å². The van der Waals surface area contributed by atoms with Crippen LogP contribution in [0.3, 0.4) is 0 Å². The Balaban J connectivity index is 0. The van der Waals surface area contributed by atoms with E-state index < -0.39 is 145 Å². The molecule has 0 aliphatic carbocycles. The van der Waals surface area contributed by atoms with E-state index in [0.29, 0.717) is 0 Å². The molecule has 0 radical (unpaired) electrons. The first-order chi connectivity index (χ1) is 22.3. The molecular weight excluding hydrogens is 752 g/mol. The van der Waals surface area contributed by atoms with Crippen molar-refractivity contribution < 1.29 is 137 Å². The number of cyclic esters (lactones) is 4. The Labute approximate surface area is 304 Å². The summed E-state index contributed by atoms with van der Waals surface area (Å²) < 4.78 is 17.0. The van der Waals surface area contributed by atoms with E-state index in [-0.39, 0.29) is 40.1 Å². The van der Waals surface area contributed by atoms with Crippen molar-refractivity contribution in [1.82, 2.24) is 0 Å². The molecule has 4 rings (SSSR count). The summed E-state index contributed by atoms with van der Waals surface area (Å²) in [5.74, 6) is -13.0. The monoisotopic (exact) mass is 780 g/mol. The molecule has 0 fully saturated rings. The smallest absolute Gasteiger partial charge is 0.865 e. The van der Waals surface area contributed by atoms with Gasteiger partial charge in [0.05, 0.1) is 26.4 Å². The van der Waals surface area contributed by atoms with E-state index in [4.69, 9.17) is 61.3 Å². The standard InChI is InChI=1S/4C6H8O6.Fe.Mg/c4*7-1-2(8)5-3(9)4(10)6(11)12-5;;/h4*2,5,7-10H,1H2;;/q;;;;2*+2/p-4/t4*2-,5+;;/m0000../s1. The molecular formula is C24H28FeMgO24. The molecule has 4 heterocycles. The minimum Gasteiger partial charge on any atom is -0.865 e. The molecule has 4 aliphatic rings. The van der Waals surface area contributed by atoms with Crippen LogP contribution in [-0.4, -0.2) is 183 Å². The van der Waals surface area contributed by atoms with Gasteiger partial charge in [0.25, 0.3) is 0 Å². The predicted molar refractivity (Wildman–Crippen MR) is 136 cm³/mol. The fourth-order valence-electron chi connectivity index (χ4n) is 3.26. The third-order valence-electron chi connectivity index (χ3n) is 5.83. The molecule has 0 aromatic carbocycles. The van der Waals surface area contributed by atoms with E-state index in [1.165, 1.54) is 0 Å². The Morgan fingerprint density at radius 1 is 0.440 bits per heavy atom. The predicted octanol–water partition coefficient (Wildman–Crippen LogP) is -10.8. The summed E-state index contributed by atoms with van der Waals surface area (Å²) in [5.41, 5.74) is 0. The van der Waals surface area contributed by atoms with Crippen molar-refractivity contribution in [2.75, 3.05) is 26.4 Å². The summed E-state index contributed by atoms with van der Waals surface area (Å²) in [5, 5.41) is 147. The molecule has 0 spiro atoms. The van der Waals surface area contributed by atoms with Crippen LogP contribution >= 0.6 is 0 Å². The van der Waals surface area contributed by atoms with Gasteiger partial charge in [-0.3, -0.25) is 0 Å². The Morgan fingerprint density at radius 2 is 0.580 bits per heavy atom. The van der Waals surface area contributed by atoms with Crippen LogP contribution in [-0.2, 0) is 55.2 Å². The number of aliphatic hydroxyl groups excluding tert-OH is 12. The SMILES string of the molecule is O=C1O[C@H]([C@@H](O)CO)C(O)=C1[O-].O=C1O[C@H]([C@@H](O)CO)C(O)=C1[O-].O=C1O[C@H]([C@@H](O)CO)C(O)=C1[O-].O=C1O[C@H]([C@@H](O)CO)C(O)=C1[O-].[Fe+2].[Mg+2]. The van der Waals surface area contributed by atoms with E-state index in [1.807, 2.05) is 0 Å². The number of hydrogen-bond acceptors (Lipinski definition) is 24. The summed E-state index contributed by atoms with van der Waals surface area (Å²) in [6.45, 7) is -2.80. The normalized spacial score (nSPS) is 24.8. The Morgan fingerprint density at radius 3 is 0.660 bits per heavy atom. The van der Waals surface area contributed by atoms with Crippen LogP contribution in [0.1, 0.15) is 0 Å². The van der Waals surface area contributed by atoms with E-state index in [2.05, 4.69) is 18.9 Å². The molecule has 0 aromatic heterocycles. The zero-order valence-corrected chi connectivity index (χ0v) is 27.3. The van der Waals surface area contributed by atoms with Gasteiger partial charge in [-0.25, -0.2) is 19.2 Å². The largest absolute Gasteiger partial charge is 2.00 e. The van der Waals surface area contributed by atoms with Gasteiger partial charge < -0.3 is 101 Å². The Bertz CT molecular complexity index is 1140. The number of rotatable bonds is 8. The molecule has 0 aromatic rings. The van der Waals surface area contributed by atoms with Crippen molar-refractivity contribution in [2.45, 2.75) is 48.8 Å². The zero-order chi connectivity index (χ0) is 37.2. The first kappa shape index (κ1) is 48.3. The number of hydrogen-bond donors (Lipinski definition) is 12. The van der Waals surface area contributed by atoms with Crippen LogP contribution in [0.5, 0.6) is 0 Å². The van der Waals surface area contributed by atoms with Gasteiger partial charge in [-0.2, -0.15) is 0 Å². The van der Waals surface area contributed by atoms with Gasteiger partial charge >= 0.3 is 64.0 Å². The maximum Gasteiger partial charge on any atom is 2.00 e. The van der Waals surface area contributed by atoms with E-state index in [1.54, 1.807) is 0 Å². The first-order valence-corrected chi connectivity index (χ1v) is 12.7. The maximum atomic E-state index is 10.6. The van der Waals surface area contributed by atoms with Crippen LogP contribution in [0.15, 0.2) is 46.1 Å². The quantitative estimate of drug-likeness (QED) is 0.0618. The van der Waals surface area contributed by atoms with Crippen LogP contribution in [0.4, 0.5) is 0 Å². The fraction of sp³-hybridized carbons (Fsp3) is 0.500. The van der Waals surface area contributed by atoms with Crippen molar-refractivity contribution in [3.8, 4) is 0 Å². The number of carbonyl (C=O) groups excluding carboxylic acids is 4. The third kappa shape index (κ3) is 11.6. The second-order valence-corrected chi connectivity index (χ2v) is 9.16. The average Bonchev–Trinajstić information content (AvgIpc) is 3.70. The van der Waals surface area contributed by atoms with Crippen molar-refractivity contribution in [1.29, 1.82) is 0 Å². The van der Waals surface area contributed by atoms with Crippen molar-refractivity contribution in [3.63, 3.8) is 0 Å². The molecule has 26 heteroatoms. The molecule has 24 nitrogen and oxygen atoms in total. The molecule has 0 bridgehead atoms. The topological polar surface area (TPSA) is 440 Å². The van der Waals surface area contributed by atoms with E-state index >= 15 is 0 Å². The molecule has 50 heavy (non-hydrogen) atoms. The van der Waals surface area contributed by atoms with Gasteiger partial charge in [0, 0.05) is 23.0 Å². The molecule has 0 saturated heterocycles. The summed E-state index contributed by atoms with van der Waals surface area (Å²) in [6, 6.07) is 0. The summed E-state index contributed by atoms with van der Waals surface area (Å²) in [6.07, 6.45) is -11.5. The van der Waals surface area contributed by atoms with Crippen LogP contribution < -0.4 is 20.4 Å². The molecule has 4 aliphatic heterocycles. The van der Waals surface area contributed by atoms with Crippen molar-refractivity contribution in [3.05, 3.63) is 46.1 Å². The minimum atomic E-state index is -1.46. The Kier molecular flexibility index (Phi) is 20.7. The van der Waals surface area contributed by atoms with Gasteiger partial charge in [-0.15, -0.1) is 0 Å². The summed E-state index contributed by atoms with van der Waals surface area (Å²) in [7, 11) is 0.